The maximum absolute atomic E-state index is 5.76. The number of nitrogens with zero attached hydrogens (tertiary/aromatic N) is 2. The Morgan fingerprint density at radius 2 is 1.88 bits per heavy atom. The number of benzene rings is 1. The summed E-state index contributed by atoms with van der Waals surface area (Å²) in [6.45, 7) is 1.83. The highest BCUT2D eigenvalue weighted by atomic mass is 35.5. The number of halogens is 1. The average molecular weight is 236 g/mol. The topological polar surface area (TPSA) is 61.0 Å². The summed E-state index contributed by atoms with van der Waals surface area (Å²) in [4.78, 5) is 7.92. The van der Waals surface area contributed by atoms with E-state index in [1.165, 1.54) is 0 Å². The van der Waals surface area contributed by atoms with Crippen molar-refractivity contribution >= 4 is 17.5 Å². The Bertz CT molecular complexity index is 479. The monoisotopic (exact) mass is 235 g/mol. The Kier molecular flexibility index (Phi) is 2.92. The summed E-state index contributed by atoms with van der Waals surface area (Å²) in [5.41, 5.74) is 6.27. The molecule has 0 aliphatic carbocycles. The fraction of sp³-hybridized carbons (Fsp3) is 0.0909. The molecule has 0 amide bonds. The Morgan fingerprint density at radius 1 is 1.19 bits per heavy atom. The van der Waals surface area contributed by atoms with Gasteiger partial charge < -0.3 is 10.5 Å². The van der Waals surface area contributed by atoms with Crippen LogP contribution in [0.4, 0.5) is 5.95 Å². The van der Waals surface area contributed by atoms with Gasteiger partial charge in [0.05, 0.1) is 0 Å². The molecule has 0 saturated heterocycles. The number of hydrogen-bond acceptors (Lipinski definition) is 4. The minimum atomic E-state index is 0.198. The predicted octanol–water partition coefficient (Wildman–Crippen LogP) is 2.81. The van der Waals surface area contributed by atoms with Crippen molar-refractivity contribution in [2.24, 2.45) is 0 Å². The lowest BCUT2D eigenvalue weighted by Gasteiger charge is -2.05. The minimum absolute atomic E-state index is 0.198. The maximum atomic E-state index is 5.76. The van der Waals surface area contributed by atoms with Gasteiger partial charge in [-0.3, -0.25) is 0 Å². The lowest BCUT2D eigenvalue weighted by Crippen LogP contribution is -1.98. The number of anilines is 1. The molecule has 0 aliphatic rings. The molecule has 0 fully saturated rings. The van der Waals surface area contributed by atoms with Gasteiger partial charge in [0.2, 0.25) is 11.8 Å². The van der Waals surface area contributed by atoms with E-state index in [4.69, 9.17) is 22.1 Å². The van der Waals surface area contributed by atoms with Crippen molar-refractivity contribution in [2.75, 3.05) is 5.73 Å². The first kappa shape index (κ1) is 10.7. The second-order valence-electron chi connectivity index (χ2n) is 3.26. The molecule has 16 heavy (non-hydrogen) atoms. The van der Waals surface area contributed by atoms with Crippen LogP contribution < -0.4 is 10.5 Å². The van der Waals surface area contributed by atoms with Gasteiger partial charge in [0.15, 0.2) is 0 Å². The van der Waals surface area contributed by atoms with Gasteiger partial charge in [0, 0.05) is 16.8 Å². The predicted molar refractivity (Wildman–Crippen MR) is 62.7 cm³/mol. The van der Waals surface area contributed by atoms with Crippen LogP contribution in [-0.2, 0) is 0 Å². The van der Waals surface area contributed by atoms with Crippen LogP contribution in [0.2, 0.25) is 5.02 Å². The van der Waals surface area contributed by atoms with Gasteiger partial charge >= 0.3 is 0 Å². The summed E-state index contributed by atoms with van der Waals surface area (Å²) in [5.74, 6) is 1.28. The van der Waals surface area contributed by atoms with Crippen molar-refractivity contribution in [3.8, 4) is 11.6 Å². The highest BCUT2D eigenvalue weighted by Crippen LogP contribution is 2.22. The second kappa shape index (κ2) is 4.37. The van der Waals surface area contributed by atoms with Crippen LogP contribution in [-0.4, -0.2) is 9.97 Å². The quantitative estimate of drug-likeness (QED) is 0.870. The smallest absolute Gasteiger partial charge is 0.224 e. The number of nitrogen functional groups attached to an aromatic ring is 1. The summed E-state index contributed by atoms with van der Waals surface area (Å²) < 4.78 is 5.51. The third-order valence-corrected chi connectivity index (χ3v) is 2.14. The number of ether oxygens (including phenoxy) is 1. The van der Waals surface area contributed by atoms with Gasteiger partial charge in [-0.2, -0.15) is 4.98 Å². The summed E-state index contributed by atoms with van der Waals surface area (Å²) >= 11 is 5.76. The Labute approximate surface area is 98.0 Å². The van der Waals surface area contributed by atoms with E-state index in [0.717, 1.165) is 5.69 Å². The van der Waals surface area contributed by atoms with Crippen molar-refractivity contribution in [2.45, 2.75) is 6.92 Å². The Hall–Kier alpha value is -1.81. The summed E-state index contributed by atoms with van der Waals surface area (Å²) in [5, 5.41) is 0.658. The van der Waals surface area contributed by atoms with Crippen LogP contribution in [0.15, 0.2) is 30.3 Å². The van der Waals surface area contributed by atoms with Crippen LogP contribution in [0.25, 0.3) is 0 Å². The van der Waals surface area contributed by atoms with Crippen LogP contribution in [0.5, 0.6) is 11.6 Å². The van der Waals surface area contributed by atoms with Crippen LogP contribution >= 0.6 is 11.6 Å². The number of rotatable bonds is 2. The van der Waals surface area contributed by atoms with Gasteiger partial charge in [-0.15, -0.1) is 0 Å². The van der Waals surface area contributed by atoms with Crippen molar-refractivity contribution < 1.29 is 4.74 Å². The number of hydrogen-bond donors (Lipinski definition) is 1. The lowest BCUT2D eigenvalue weighted by molar-refractivity contribution is 0.462. The van der Waals surface area contributed by atoms with Gasteiger partial charge in [-0.25, -0.2) is 4.98 Å². The van der Waals surface area contributed by atoms with Crippen molar-refractivity contribution in [1.29, 1.82) is 0 Å². The molecule has 0 unspecified atom stereocenters. The van der Waals surface area contributed by atoms with E-state index in [1.807, 2.05) is 6.92 Å². The fourth-order valence-corrected chi connectivity index (χ4v) is 1.36. The van der Waals surface area contributed by atoms with E-state index in [2.05, 4.69) is 9.97 Å². The molecular weight excluding hydrogens is 226 g/mol. The minimum Gasteiger partial charge on any atom is -0.439 e. The molecule has 2 rings (SSSR count). The van der Waals surface area contributed by atoms with Gasteiger partial charge in [-0.05, 0) is 31.2 Å². The second-order valence-corrected chi connectivity index (χ2v) is 3.70. The maximum Gasteiger partial charge on any atom is 0.224 e. The third kappa shape index (κ3) is 2.61. The van der Waals surface area contributed by atoms with E-state index in [9.17, 15) is 0 Å². The van der Waals surface area contributed by atoms with Gasteiger partial charge in [-0.1, -0.05) is 11.6 Å². The molecule has 1 aromatic heterocycles. The molecule has 0 saturated carbocycles. The largest absolute Gasteiger partial charge is 0.439 e. The summed E-state index contributed by atoms with van der Waals surface area (Å²) in [6.07, 6.45) is 0. The first-order valence-electron chi connectivity index (χ1n) is 4.68. The van der Waals surface area contributed by atoms with Crippen LogP contribution in [0.3, 0.4) is 0 Å². The molecule has 0 radical (unpaired) electrons. The van der Waals surface area contributed by atoms with Gasteiger partial charge in [0.25, 0.3) is 0 Å². The number of aromatic nitrogens is 2. The molecule has 0 bridgehead atoms. The fourth-order valence-electron chi connectivity index (χ4n) is 1.24. The molecule has 0 atom stereocenters. The molecule has 0 spiro atoms. The first-order chi connectivity index (χ1) is 7.63. The molecular formula is C11H10ClN3O. The lowest BCUT2D eigenvalue weighted by atomic mass is 10.3. The summed E-state index contributed by atoms with van der Waals surface area (Å²) in [6, 6.07) is 8.72. The van der Waals surface area contributed by atoms with Crippen molar-refractivity contribution in [1.82, 2.24) is 9.97 Å². The first-order valence-corrected chi connectivity index (χ1v) is 5.06. The zero-order valence-corrected chi connectivity index (χ0v) is 9.40. The normalized spacial score (nSPS) is 10.1. The van der Waals surface area contributed by atoms with Crippen LogP contribution in [0, 0.1) is 6.92 Å². The zero-order valence-electron chi connectivity index (χ0n) is 8.64. The molecule has 2 aromatic rings. The summed E-state index contributed by atoms with van der Waals surface area (Å²) in [7, 11) is 0. The van der Waals surface area contributed by atoms with Gasteiger partial charge in [0.1, 0.15) is 5.75 Å². The highest BCUT2D eigenvalue weighted by molar-refractivity contribution is 6.30. The van der Waals surface area contributed by atoms with Crippen LogP contribution in [0.1, 0.15) is 5.69 Å². The van der Waals surface area contributed by atoms with E-state index in [1.54, 1.807) is 30.3 Å². The highest BCUT2D eigenvalue weighted by Gasteiger charge is 2.01. The molecule has 1 heterocycles. The molecule has 2 N–H and O–H groups in total. The van der Waals surface area contributed by atoms with Crippen molar-refractivity contribution in [3.63, 3.8) is 0 Å². The number of aryl methyl sites for hydroxylation is 1. The molecule has 82 valence electrons. The zero-order chi connectivity index (χ0) is 11.5. The molecule has 1 aromatic carbocycles. The Morgan fingerprint density at radius 3 is 2.50 bits per heavy atom. The van der Waals surface area contributed by atoms with E-state index < -0.39 is 0 Å². The molecule has 4 nitrogen and oxygen atoms in total. The molecule has 0 aliphatic heterocycles. The van der Waals surface area contributed by atoms with E-state index >= 15 is 0 Å². The number of nitrogens with two attached hydrogens (primary N) is 1. The van der Waals surface area contributed by atoms with E-state index in [0.29, 0.717) is 16.7 Å². The van der Waals surface area contributed by atoms with Crippen molar-refractivity contribution in [3.05, 3.63) is 41.0 Å². The standard InChI is InChI=1S/C11H10ClN3O/c1-7-6-10(15-11(13)14-7)16-9-4-2-8(12)3-5-9/h2-6H,1H3,(H2,13,14,15). The Balaban J connectivity index is 2.23. The third-order valence-electron chi connectivity index (χ3n) is 1.88. The SMILES string of the molecule is Cc1cc(Oc2ccc(Cl)cc2)nc(N)n1. The average Bonchev–Trinajstić information content (AvgIpc) is 2.20. The molecule has 5 heteroatoms. The van der Waals surface area contributed by atoms with E-state index in [-0.39, 0.29) is 5.95 Å².